The largest absolute Gasteiger partial charge is 0.462 e. The van der Waals surface area contributed by atoms with E-state index in [1.807, 2.05) is 6.92 Å². The molecule has 0 bridgehead atoms. The minimum absolute atomic E-state index is 0.330. The fraction of sp³-hybridized carbons (Fsp3) is 0.364. The number of carbonyl (C=O) groups is 1. The number of anilines is 1. The van der Waals surface area contributed by atoms with E-state index < -0.39 is 0 Å². The van der Waals surface area contributed by atoms with Crippen LogP contribution in [-0.4, -0.2) is 12.6 Å². The monoisotopic (exact) mass is 225 g/mol. The van der Waals surface area contributed by atoms with E-state index in [0.29, 0.717) is 22.8 Å². The van der Waals surface area contributed by atoms with Crippen LogP contribution in [0.2, 0.25) is 0 Å². The van der Waals surface area contributed by atoms with Crippen LogP contribution in [0.5, 0.6) is 0 Å². The summed E-state index contributed by atoms with van der Waals surface area (Å²) in [6.45, 7) is 2.50. The Bertz CT molecular complexity index is 352. The Labute approximate surface area is 95.0 Å². The number of rotatable bonds is 4. The van der Waals surface area contributed by atoms with Crippen LogP contribution in [0.1, 0.15) is 30.1 Å². The Kier molecular flexibility index (Phi) is 4.49. The van der Waals surface area contributed by atoms with Gasteiger partial charge in [-0.3, -0.25) is 0 Å². The fourth-order valence-corrected chi connectivity index (χ4v) is 1.21. The maximum Gasteiger partial charge on any atom is 0.338 e. The maximum atomic E-state index is 11.5. The molecule has 0 amide bonds. The van der Waals surface area contributed by atoms with E-state index in [-0.39, 0.29) is 5.97 Å². The number of thiol groups is 1. The summed E-state index contributed by atoms with van der Waals surface area (Å²) in [4.78, 5) is 12.1. The van der Waals surface area contributed by atoms with E-state index in [1.165, 1.54) is 0 Å². The number of benzene rings is 1. The number of ether oxygens (including phenoxy) is 1. The molecule has 1 aromatic rings. The van der Waals surface area contributed by atoms with E-state index in [9.17, 15) is 4.79 Å². The SMILES string of the molecule is CCCCOC(=O)c1ccc(S)c(N)c1. The molecule has 0 saturated carbocycles. The van der Waals surface area contributed by atoms with Crippen molar-refractivity contribution in [1.29, 1.82) is 0 Å². The van der Waals surface area contributed by atoms with E-state index in [4.69, 9.17) is 10.5 Å². The van der Waals surface area contributed by atoms with Gasteiger partial charge < -0.3 is 10.5 Å². The average molecular weight is 225 g/mol. The molecule has 15 heavy (non-hydrogen) atoms. The predicted octanol–water partition coefficient (Wildman–Crippen LogP) is 2.51. The average Bonchev–Trinajstić information content (AvgIpc) is 2.22. The summed E-state index contributed by atoms with van der Waals surface area (Å²) in [7, 11) is 0. The summed E-state index contributed by atoms with van der Waals surface area (Å²) in [6.07, 6.45) is 1.89. The standard InChI is InChI=1S/C11H15NO2S/c1-2-3-6-14-11(13)8-4-5-10(15)9(12)7-8/h4-5,7,15H,2-3,6,12H2,1H3. The Morgan fingerprint density at radius 3 is 2.87 bits per heavy atom. The number of hydrogen-bond acceptors (Lipinski definition) is 4. The van der Waals surface area contributed by atoms with Crippen LogP contribution >= 0.6 is 12.6 Å². The van der Waals surface area contributed by atoms with Crippen molar-refractivity contribution in [3.8, 4) is 0 Å². The van der Waals surface area contributed by atoms with E-state index in [2.05, 4.69) is 12.6 Å². The first-order valence-electron chi connectivity index (χ1n) is 4.90. The first-order chi connectivity index (χ1) is 7.15. The summed E-state index contributed by atoms with van der Waals surface area (Å²) in [6, 6.07) is 4.93. The molecular weight excluding hydrogens is 210 g/mol. The van der Waals surface area contributed by atoms with Gasteiger partial charge in [-0.15, -0.1) is 12.6 Å². The summed E-state index contributed by atoms with van der Waals surface area (Å²) < 4.78 is 5.04. The van der Waals surface area contributed by atoms with Crippen molar-refractivity contribution < 1.29 is 9.53 Å². The van der Waals surface area contributed by atoms with Crippen molar-refractivity contribution in [3.63, 3.8) is 0 Å². The second-order valence-electron chi connectivity index (χ2n) is 3.26. The smallest absolute Gasteiger partial charge is 0.338 e. The number of nitrogen functional groups attached to an aromatic ring is 1. The molecule has 0 radical (unpaired) electrons. The zero-order valence-electron chi connectivity index (χ0n) is 8.69. The van der Waals surface area contributed by atoms with Gasteiger partial charge in [0.05, 0.1) is 12.2 Å². The van der Waals surface area contributed by atoms with Crippen LogP contribution in [0.3, 0.4) is 0 Å². The van der Waals surface area contributed by atoms with Crippen LogP contribution in [0.25, 0.3) is 0 Å². The van der Waals surface area contributed by atoms with Gasteiger partial charge in [-0.05, 0) is 24.6 Å². The van der Waals surface area contributed by atoms with E-state index >= 15 is 0 Å². The van der Waals surface area contributed by atoms with Gasteiger partial charge in [0.25, 0.3) is 0 Å². The minimum atomic E-state index is -0.330. The van der Waals surface area contributed by atoms with E-state index in [1.54, 1.807) is 18.2 Å². The molecule has 0 fully saturated rings. The van der Waals surface area contributed by atoms with Gasteiger partial charge in [-0.25, -0.2) is 4.79 Å². The molecule has 0 unspecified atom stereocenters. The summed E-state index contributed by atoms with van der Waals surface area (Å²) in [5.41, 5.74) is 6.59. The van der Waals surface area contributed by atoms with Crippen LogP contribution in [0.4, 0.5) is 5.69 Å². The highest BCUT2D eigenvalue weighted by Gasteiger charge is 2.07. The predicted molar refractivity (Wildman–Crippen MR) is 63.3 cm³/mol. The number of esters is 1. The van der Waals surface area contributed by atoms with E-state index in [0.717, 1.165) is 12.8 Å². The zero-order chi connectivity index (χ0) is 11.3. The lowest BCUT2D eigenvalue weighted by Crippen LogP contribution is -2.06. The molecule has 0 aromatic heterocycles. The fourth-order valence-electron chi connectivity index (χ4n) is 1.07. The summed E-state index contributed by atoms with van der Waals surface area (Å²) in [5, 5.41) is 0. The Morgan fingerprint density at radius 2 is 2.27 bits per heavy atom. The Balaban J connectivity index is 2.62. The quantitative estimate of drug-likeness (QED) is 0.358. The van der Waals surface area contributed by atoms with Gasteiger partial charge in [0.2, 0.25) is 0 Å². The molecule has 0 atom stereocenters. The summed E-state index contributed by atoms with van der Waals surface area (Å²) >= 11 is 4.12. The van der Waals surface area contributed by atoms with Crippen molar-refractivity contribution >= 4 is 24.3 Å². The van der Waals surface area contributed by atoms with Crippen molar-refractivity contribution in [2.24, 2.45) is 0 Å². The molecule has 0 spiro atoms. The number of nitrogens with two attached hydrogens (primary N) is 1. The highest BCUT2D eigenvalue weighted by molar-refractivity contribution is 7.80. The van der Waals surface area contributed by atoms with Gasteiger partial charge in [-0.1, -0.05) is 13.3 Å². The molecule has 0 aliphatic carbocycles. The highest BCUT2D eigenvalue weighted by atomic mass is 32.1. The molecule has 3 nitrogen and oxygen atoms in total. The Hall–Kier alpha value is -1.16. The first-order valence-corrected chi connectivity index (χ1v) is 5.35. The lowest BCUT2D eigenvalue weighted by atomic mass is 10.2. The number of unbranched alkanes of at least 4 members (excludes halogenated alkanes) is 1. The Morgan fingerprint density at radius 1 is 1.53 bits per heavy atom. The van der Waals surface area contributed by atoms with Gasteiger partial charge in [-0.2, -0.15) is 0 Å². The third-order valence-electron chi connectivity index (χ3n) is 1.99. The van der Waals surface area contributed by atoms with Gasteiger partial charge >= 0.3 is 5.97 Å². The highest BCUT2D eigenvalue weighted by Crippen LogP contribution is 2.18. The molecule has 2 N–H and O–H groups in total. The molecule has 1 aromatic carbocycles. The minimum Gasteiger partial charge on any atom is -0.462 e. The molecule has 82 valence electrons. The summed E-state index contributed by atoms with van der Waals surface area (Å²) in [5.74, 6) is -0.330. The molecule has 0 aliphatic rings. The molecular formula is C11H15NO2S. The third-order valence-corrected chi connectivity index (χ3v) is 2.40. The number of hydrogen-bond donors (Lipinski definition) is 2. The third kappa shape index (κ3) is 3.47. The van der Waals surface area contributed by atoms with Crippen molar-refractivity contribution in [2.45, 2.75) is 24.7 Å². The number of carbonyl (C=O) groups excluding carboxylic acids is 1. The van der Waals surface area contributed by atoms with Crippen molar-refractivity contribution in [3.05, 3.63) is 23.8 Å². The molecule has 0 heterocycles. The topological polar surface area (TPSA) is 52.3 Å². The maximum absolute atomic E-state index is 11.5. The molecule has 4 heteroatoms. The second kappa shape index (κ2) is 5.66. The normalized spacial score (nSPS) is 10.0. The second-order valence-corrected chi connectivity index (χ2v) is 3.74. The van der Waals surface area contributed by atoms with Crippen LogP contribution in [0.15, 0.2) is 23.1 Å². The zero-order valence-corrected chi connectivity index (χ0v) is 9.59. The van der Waals surface area contributed by atoms with Crippen LogP contribution in [-0.2, 0) is 4.74 Å². The van der Waals surface area contributed by atoms with Crippen LogP contribution in [0, 0.1) is 0 Å². The van der Waals surface area contributed by atoms with Crippen LogP contribution < -0.4 is 5.73 Å². The molecule has 0 saturated heterocycles. The van der Waals surface area contributed by atoms with Gasteiger partial charge in [0.1, 0.15) is 0 Å². The van der Waals surface area contributed by atoms with Gasteiger partial charge in [0.15, 0.2) is 0 Å². The molecule has 1 rings (SSSR count). The lowest BCUT2D eigenvalue weighted by Gasteiger charge is -2.05. The van der Waals surface area contributed by atoms with Crippen molar-refractivity contribution in [2.75, 3.05) is 12.3 Å². The first kappa shape index (κ1) is 11.9. The molecule has 0 aliphatic heterocycles. The lowest BCUT2D eigenvalue weighted by molar-refractivity contribution is 0.0500. The van der Waals surface area contributed by atoms with Gasteiger partial charge in [0, 0.05) is 10.6 Å². The van der Waals surface area contributed by atoms with Crippen molar-refractivity contribution in [1.82, 2.24) is 0 Å².